The molecular formula is C16H23ClN2O. The number of oxime groups is 1. The van der Waals surface area contributed by atoms with E-state index in [4.69, 9.17) is 4.84 Å². The summed E-state index contributed by atoms with van der Waals surface area (Å²) in [5.41, 5.74) is 3.59. The first-order chi connectivity index (χ1) is 9.31. The molecule has 0 spiro atoms. The second-order valence-corrected chi connectivity index (χ2v) is 5.70. The van der Waals surface area contributed by atoms with Crippen molar-refractivity contribution in [3.63, 3.8) is 0 Å². The lowest BCUT2D eigenvalue weighted by Gasteiger charge is -2.27. The van der Waals surface area contributed by atoms with Crippen LogP contribution in [0.2, 0.25) is 0 Å². The molecule has 4 heteroatoms. The molecule has 0 aliphatic carbocycles. The molecule has 110 valence electrons. The second kappa shape index (κ2) is 7.09. The smallest absolute Gasteiger partial charge is 0.145 e. The molecule has 0 aromatic heterocycles. The van der Waals surface area contributed by atoms with Gasteiger partial charge in [-0.1, -0.05) is 41.4 Å². The Morgan fingerprint density at radius 1 is 1.15 bits per heavy atom. The van der Waals surface area contributed by atoms with Gasteiger partial charge in [0.1, 0.15) is 6.10 Å². The van der Waals surface area contributed by atoms with Crippen LogP contribution in [-0.4, -0.2) is 36.3 Å². The van der Waals surface area contributed by atoms with Gasteiger partial charge in [0.05, 0.1) is 5.71 Å². The predicted molar refractivity (Wildman–Crippen MR) is 84.7 cm³/mol. The summed E-state index contributed by atoms with van der Waals surface area (Å²) >= 11 is 0. The zero-order valence-electron chi connectivity index (χ0n) is 12.0. The van der Waals surface area contributed by atoms with E-state index >= 15 is 0 Å². The molecule has 2 aliphatic rings. The van der Waals surface area contributed by atoms with Crippen molar-refractivity contribution < 1.29 is 4.84 Å². The molecule has 1 atom stereocenters. The van der Waals surface area contributed by atoms with E-state index in [0.29, 0.717) is 0 Å². The maximum absolute atomic E-state index is 5.60. The van der Waals surface area contributed by atoms with E-state index in [1.807, 2.05) is 0 Å². The van der Waals surface area contributed by atoms with E-state index in [2.05, 4.69) is 41.2 Å². The lowest BCUT2D eigenvalue weighted by molar-refractivity contribution is 0.0473. The zero-order chi connectivity index (χ0) is 13.1. The highest BCUT2D eigenvalue weighted by Crippen LogP contribution is 2.19. The van der Waals surface area contributed by atoms with E-state index in [1.54, 1.807) is 0 Å². The lowest BCUT2D eigenvalue weighted by Crippen LogP contribution is -2.36. The maximum atomic E-state index is 5.60. The van der Waals surface area contributed by atoms with Gasteiger partial charge in [-0.3, -0.25) is 4.90 Å². The number of aryl methyl sites for hydroxylation is 1. The summed E-state index contributed by atoms with van der Waals surface area (Å²) in [6.07, 6.45) is 5.23. The van der Waals surface area contributed by atoms with Crippen molar-refractivity contribution >= 4 is 18.1 Å². The highest BCUT2D eigenvalue weighted by atomic mass is 35.5. The van der Waals surface area contributed by atoms with E-state index in [0.717, 1.165) is 18.7 Å². The molecule has 1 aromatic carbocycles. The van der Waals surface area contributed by atoms with Gasteiger partial charge in [0.15, 0.2) is 0 Å². The third kappa shape index (κ3) is 3.74. The molecule has 0 amide bonds. The zero-order valence-corrected chi connectivity index (χ0v) is 12.9. The van der Waals surface area contributed by atoms with Gasteiger partial charge in [-0.15, -0.1) is 12.4 Å². The fourth-order valence-corrected chi connectivity index (χ4v) is 2.87. The molecular weight excluding hydrogens is 272 g/mol. The lowest BCUT2D eigenvalue weighted by atomic mass is 10.0. The largest absolute Gasteiger partial charge is 0.390 e. The van der Waals surface area contributed by atoms with E-state index in [9.17, 15) is 0 Å². The van der Waals surface area contributed by atoms with Crippen LogP contribution in [0.15, 0.2) is 29.4 Å². The summed E-state index contributed by atoms with van der Waals surface area (Å²) in [5.74, 6) is 0. The number of halogens is 1. The van der Waals surface area contributed by atoms with Crippen LogP contribution >= 0.6 is 12.4 Å². The Morgan fingerprint density at radius 3 is 2.55 bits per heavy atom. The van der Waals surface area contributed by atoms with Gasteiger partial charge in [-0.25, -0.2) is 0 Å². The van der Waals surface area contributed by atoms with Crippen LogP contribution in [0.3, 0.4) is 0 Å². The van der Waals surface area contributed by atoms with Gasteiger partial charge in [-0.2, -0.15) is 0 Å². The standard InChI is InChI=1S/C16H22N2O.ClH/c1-13-5-7-14(8-6-13)16-11-15(19-17-16)12-18-9-3-2-4-10-18;/h5-8,15H,2-4,9-12H2,1H3;1H. The minimum atomic E-state index is 0. The van der Waals surface area contributed by atoms with Crippen molar-refractivity contribution in [3.8, 4) is 0 Å². The van der Waals surface area contributed by atoms with Gasteiger partial charge in [0, 0.05) is 13.0 Å². The van der Waals surface area contributed by atoms with Crippen molar-refractivity contribution in [2.75, 3.05) is 19.6 Å². The Kier molecular flexibility index (Phi) is 5.44. The summed E-state index contributed by atoms with van der Waals surface area (Å²) in [6, 6.07) is 8.55. The number of hydrogen-bond donors (Lipinski definition) is 0. The van der Waals surface area contributed by atoms with E-state index in [1.165, 1.54) is 43.5 Å². The van der Waals surface area contributed by atoms with Gasteiger partial charge in [0.25, 0.3) is 0 Å². The molecule has 2 heterocycles. The third-order valence-electron chi connectivity index (χ3n) is 4.03. The molecule has 1 unspecified atom stereocenters. The summed E-state index contributed by atoms with van der Waals surface area (Å²) in [6.45, 7) is 5.58. The molecule has 3 nitrogen and oxygen atoms in total. The first-order valence-electron chi connectivity index (χ1n) is 7.33. The van der Waals surface area contributed by atoms with Gasteiger partial charge in [0.2, 0.25) is 0 Å². The Bertz CT molecular complexity index is 452. The fourth-order valence-electron chi connectivity index (χ4n) is 2.87. The Morgan fingerprint density at radius 2 is 1.85 bits per heavy atom. The normalized spacial score (nSPS) is 22.9. The minimum absolute atomic E-state index is 0. The summed E-state index contributed by atoms with van der Waals surface area (Å²) in [5, 5.41) is 4.27. The van der Waals surface area contributed by atoms with Crippen LogP contribution in [0, 0.1) is 6.92 Å². The summed E-state index contributed by atoms with van der Waals surface area (Å²) < 4.78 is 0. The van der Waals surface area contributed by atoms with Gasteiger partial charge >= 0.3 is 0 Å². The highest BCUT2D eigenvalue weighted by molar-refractivity contribution is 6.01. The number of hydrogen-bond acceptors (Lipinski definition) is 3. The monoisotopic (exact) mass is 294 g/mol. The minimum Gasteiger partial charge on any atom is -0.390 e. The van der Waals surface area contributed by atoms with Crippen LogP contribution in [0.4, 0.5) is 0 Å². The number of benzene rings is 1. The average Bonchev–Trinajstić information content (AvgIpc) is 2.89. The first-order valence-corrected chi connectivity index (χ1v) is 7.33. The van der Waals surface area contributed by atoms with Crippen molar-refractivity contribution in [1.29, 1.82) is 0 Å². The van der Waals surface area contributed by atoms with Crippen LogP contribution in [0.25, 0.3) is 0 Å². The average molecular weight is 295 g/mol. The van der Waals surface area contributed by atoms with Crippen molar-refractivity contribution in [3.05, 3.63) is 35.4 Å². The van der Waals surface area contributed by atoms with E-state index < -0.39 is 0 Å². The summed E-state index contributed by atoms with van der Waals surface area (Å²) in [7, 11) is 0. The number of likely N-dealkylation sites (tertiary alicyclic amines) is 1. The fraction of sp³-hybridized carbons (Fsp3) is 0.562. The van der Waals surface area contributed by atoms with Crippen molar-refractivity contribution in [1.82, 2.24) is 4.90 Å². The Balaban J connectivity index is 0.00000147. The van der Waals surface area contributed by atoms with Gasteiger partial charge < -0.3 is 4.84 Å². The third-order valence-corrected chi connectivity index (χ3v) is 4.03. The highest BCUT2D eigenvalue weighted by Gasteiger charge is 2.25. The molecule has 1 aromatic rings. The molecule has 0 radical (unpaired) electrons. The van der Waals surface area contributed by atoms with Crippen molar-refractivity contribution in [2.45, 2.75) is 38.7 Å². The van der Waals surface area contributed by atoms with Crippen molar-refractivity contribution in [2.24, 2.45) is 5.16 Å². The Labute approximate surface area is 127 Å². The predicted octanol–water partition coefficient (Wildman–Crippen LogP) is 3.40. The van der Waals surface area contributed by atoms with Crippen LogP contribution in [-0.2, 0) is 4.84 Å². The van der Waals surface area contributed by atoms with Crippen LogP contribution in [0.1, 0.15) is 36.8 Å². The maximum Gasteiger partial charge on any atom is 0.145 e. The number of rotatable bonds is 3. The second-order valence-electron chi connectivity index (χ2n) is 5.70. The molecule has 1 saturated heterocycles. The van der Waals surface area contributed by atoms with E-state index in [-0.39, 0.29) is 18.5 Å². The van der Waals surface area contributed by atoms with Crippen LogP contribution < -0.4 is 0 Å². The topological polar surface area (TPSA) is 24.8 Å². The number of nitrogens with zero attached hydrogens (tertiary/aromatic N) is 2. The Hall–Kier alpha value is -1.06. The first kappa shape index (κ1) is 15.3. The molecule has 0 N–H and O–H groups in total. The SMILES string of the molecule is Cc1ccc(C2=NOC(CN3CCCCC3)C2)cc1.Cl. The quantitative estimate of drug-likeness (QED) is 0.853. The molecule has 20 heavy (non-hydrogen) atoms. The molecule has 3 rings (SSSR count). The number of piperidine rings is 1. The summed E-state index contributed by atoms with van der Waals surface area (Å²) in [4.78, 5) is 8.11. The van der Waals surface area contributed by atoms with Gasteiger partial charge in [-0.05, 0) is 38.4 Å². The molecule has 0 bridgehead atoms. The molecule has 0 saturated carbocycles. The van der Waals surface area contributed by atoms with Crippen LogP contribution in [0.5, 0.6) is 0 Å². The molecule has 2 aliphatic heterocycles. The molecule has 1 fully saturated rings.